The molecule has 1 aliphatic heterocycles. The summed E-state index contributed by atoms with van der Waals surface area (Å²) in [5.74, 6) is 0.0926. The maximum Gasteiger partial charge on any atom is 0.441 e. The average Bonchev–Trinajstić information content (AvgIpc) is 2.61. The van der Waals surface area contributed by atoms with Gasteiger partial charge in [0.15, 0.2) is 0 Å². The van der Waals surface area contributed by atoms with Crippen LogP contribution in [0.15, 0.2) is 30.3 Å². The van der Waals surface area contributed by atoms with E-state index in [1.165, 1.54) is 5.56 Å². The average molecular weight is 318 g/mol. The van der Waals surface area contributed by atoms with Crippen LogP contribution in [-0.2, 0) is 0 Å². The van der Waals surface area contributed by atoms with Crippen molar-refractivity contribution in [3.63, 3.8) is 0 Å². The number of hydrogen-bond acceptors (Lipinski definition) is 3. The van der Waals surface area contributed by atoms with E-state index in [1.54, 1.807) is 0 Å². The molecule has 1 heterocycles. The van der Waals surface area contributed by atoms with E-state index in [9.17, 15) is 13.2 Å². The van der Waals surface area contributed by atoms with E-state index in [1.807, 2.05) is 18.2 Å². The molecule has 2 nitrogen and oxygen atoms in total. The lowest BCUT2D eigenvalue weighted by Crippen LogP contribution is -2.37. The summed E-state index contributed by atoms with van der Waals surface area (Å²) in [5, 5.41) is 3.49. The van der Waals surface area contributed by atoms with E-state index in [0.29, 0.717) is 12.6 Å². The minimum absolute atomic E-state index is 0.0710. The molecule has 1 saturated heterocycles. The number of nitrogens with zero attached hydrogens (tertiary/aromatic N) is 1. The Hall–Kier alpha value is -0.720. The van der Waals surface area contributed by atoms with Crippen LogP contribution in [0.5, 0.6) is 0 Å². The molecule has 1 aliphatic rings. The Bertz CT molecular complexity index is 425. The molecule has 0 bridgehead atoms. The van der Waals surface area contributed by atoms with Crippen LogP contribution in [0.3, 0.4) is 0 Å². The third kappa shape index (κ3) is 5.52. The number of hydrogen-bond donors (Lipinski definition) is 1. The van der Waals surface area contributed by atoms with Gasteiger partial charge in [-0.3, -0.25) is 4.90 Å². The van der Waals surface area contributed by atoms with Crippen molar-refractivity contribution in [2.24, 2.45) is 0 Å². The summed E-state index contributed by atoms with van der Waals surface area (Å²) in [7, 11) is 0. The molecule has 1 aromatic carbocycles. The highest BCUT2D eigenvalue weighted by Gasteiger charge is 2.29. The van der Waals surface area contributed by atoms with Gasteiger partial charge in [-0.15, -0.1) is 0 Å². The molecule has 0 aliphatic carbocycles. The van der Waals surface area contributed by atoms with Crippen molar-refractivity contribution >= 4 is 11.8 Å². The Morgan fingerprint density at radius 2 is 2.00 bits per heavy atom. The van der Waals surface area contributed by atoms with Gasteiger partial charge in [-0.1, -0.05) is 30.3 Å². The number of benzene rings is 1. The van der Waals surface area contributed by atoms with Gasteiger partial charge in [0, 0.05) is 30.9 Å². The Balaban J connectivity index is 1.95. The zero-order chi connectivity index (χ0) is 15.3. The predicted octanol–water partition coefficient (Wildman–Crippen LogP) is 3.66. The molecule has 0 amide bonds. The highest BCUT2D eigenvalue weighted by Crippen LogP contribution is 2.30. The number of alkyl halides is 3. The molecular weight excluding hydrogens is 297 g/mol. The molecule has 118 valence electrons. The molecule has 6 heteroatoms. The van der Waals surface area contributed by atoms with E-state index in [-0.39, 0.29) is 23.6 Å². The molecule has 2 unspecified atom stereocenters. The molecule has 0 aromatic heterocycles. The lowest BCUT2D eigenvalue weighted by atomic mass is 10.1. The summed E-state index contributed by atoms with van der Waals surface area (Å²) < 4.78 is 36.8. The second-order valence-corrected chi connectivity index (χ2v) is 6.50. The monoisotopic (exact) mass is 318 g/mol. The maximum absolute atomic E-state index is 12.3. The molecular formula is C15H21F3N2S. The first-order valence-corrected chi connectivity index (χ1v) is 8.17. The van der Waals surface area contributed by atoms with Crippen molar-refractivity contribution < 1.29 is 13.2 Å². The highest BCUT2D eigenvalue weighted by molar-refractivity contribution is 8.00. The quantitative estimate of drug-likeness (QED) is 0.912. The fourth-order valence-electron chi connectivity index (χ4n) is 2.63. The van der Waals surface area contributed by atoms with Crippen molar-refractivity contribution in [1.82, 2.24) is 10.2 Å². The van der Waals surface area contributed by atoms with Crippen molar-refractivity contribution in [3.8, 4) is 0 Å². The van der Waals surface area contributed by atoms with Crippen molar-refractivity contribution in [2.45, 2.75) is 30.9 Å². The smallest absolute Gasteiger partial charge is 0.309 e. The fraction of sp³-hybridized carbons (Fsp3) is 0.600. The zero-order valence-corrected chi connectivity index (χ0v) is 12.9. The normalized spacial score (nSPS) is 24.8. The van der Waals surface area contributed by atoms with Gasteiger partial charge in [-0.25, -0.2) is 0 Å². The standard InChI is InChI=1S/C15H21F3N2S/c1-12-7-8-19-14(13-5-3-2-4-6-13)11-20(12)9-10-21-15(16,17)18/h2-6,12,14,19H,7-11H2,1H3. The van der Waals surface area contributed by atoms with Crippen LogP contribution in [0.1, 0.15) is 24.9 Å². The van der Waals surface area contributed by atoms with Crippen molar-refractivity contribution in [2.75, 3.05) is 25.4 Å². The van der Waals surface area contributed by atoms with E-state index in [4.69, 9.17) is 0 Å². The first kappa shape index (κ1) is 16.6. The SMILES string of the molecule is CC1CCNC(c2ccccc2)CN1CCSC(F)(F)F. The lowest BCUT2D eigenvalue weighted by Gasteiger charge is -2.29. The van der Waals surface area contributed by atoms with E-state index >= 15 is 0 Å². The first-order valence-electron chi connectivity index (χ1n) is 7.19. The van der Waals surface area contributed by atoms with Crippen LogP contribution < -0.4 is 5.32 Å². The van der Waals surface area contributed by atoms with Crippen LogP contribution in [0.2, 0.25) is 0 Å². The molecule has 0 spiro atoms. The molecule has 1 N–H and O–H groups in total. The fourth-order valence-corrected chi connectivity index (χ4v) is 3.18. The van der Waals surface area contributed by atoms with E-state index in [0.717, 1.165) is 19.5 Å². The summed E-state index contributed by atoms with van der Waals surface area (Å²) >= 11 is 0.0710. The third-order valence-corrected chi connectivity index (χ3v) is 4.55. The molecule has 0 radical (unpaired) electrons. The Morgan fingerprint density at radius 3 is 2.67 bits per heavy atom. The Labute approximate surface area is 128 Å². The van der Waals surface area contributed by atoms with Gasteiger partial charge >= 0.3 is 5.51 Å². The second kappa shape index (κ2) is 7.51. The van der Waals surface area contributed by atoms with Crippen LogP contribution in [0.25, 0.3) is 0 Å². The Morgan fingerprint density at radius 1 is 1.29 bits per heavy atom. The minimum atomic E-state index is -4.13. The zero-order valence-electron chi connectivity index (χ0n) is 12.1. The maximum atomic E-state index is 12.3. The summed E-state index contributed by atoms with van der Waals surface area (Å²) in [6, 6.07) is 10.6. The molecule has 21 heavy (non-hydrogen) atoms. The van der Waals surface area contributed by atoms with E-state index < -0.39 is 5.51 Å². The molecule has 1 aromatic rings. The number of rotatable bonds is 4. The molecule has 2 atom stereocenters. The second-order valence-electron chi connectivity index (χ2n) is 5.34. The van der Waals surface area contributed by atoms with Crippen LogP contribution in [-0.4, -0.2) is 41.8 Å². The topological polar surface area (TPSA) is 15.3 Å². The van der Waals surface area contributed by atoms with Crippen LogP contribution in [0, 0.1) is 0 Å². The predicted molar refractivity (Wildman–Crippen MR) is 81.4 cm³/mol. The molecule has 2 rings (SSSR count). The van der Waals surface area contributed by atoms with Gasteiger partial charge in [-0.05, 0) is 37.2 Å². The van der Waals surface area contributed by atoms with Crippen LogP contribution >= 0.6 is 11.8 Å². The van der Waals surface area contributed by atoms with Crippen molar-refractivity contribution in [1.29, 1.82) is 0 Å². The number of nitrogens with one attached hydrogen (secondary N) is 1. The first-order chi connectivity index (χ1) is 9.96. The van der Waals surface area contributed by atoms with Crippen molar-refractivity contribution in [3.05, 3.63) is 35.9 Å². The number of halogens is 3. The minimum Gasteiger partial charge on any atom is -0.309 e. The molecule has 1 fully saturated rings. The van der Waals surface area contributed by atoms with Gasteiger partial charge in [0.05, 0.1) is 0 Å². The highest BCUT2D eigenvalue weighted by atomic mass is 32.2. The summed E-state index contributed by atoms with van der Waals surface area (Å²) in [6.07, 6.45) is 0.958. The number of thioether (sulfide) groups is 1. The molecule has 0 saturated carbocycles. The summed E-state index contributed by atoms with van der Waals surface area (Å²) in [4.78, 5) is 2.16. The van der Waals surface area contributed by atoms with Gasteiger partial charge in [0.1, 0.15) is 0 Å². The summed E-state index contributed by atoms with van der Waals surface area (Å²) in [6.45, 7) is 4.21. The van der Waals surface area contributed by atoms with Gasteiger partial charge in [-0.2, -0.15) is 13.2 Å². The third-order valence-electron chi connectivity index (χ3n) is 3.84. The van der Waals surface area contributed by atoms with Gasteiger partial charge in [0.25, 0.3) is 0 Å². The Kier molecular flexibility index (Phi) is 5.96. The lowest BCUT2D eigenvalue weighted by molar-refractivity contribution is -0.0329. The van der Waals surface area contributed by atoms with Gasteiger partial charge < -0.3 is 5.32 Å². The van der Waals surface area contributed by atoms with Crippen LogP contribution in [0.4, 0.5) is 13.2 Å². The van der Waals surface area contributed by atoms with Gasteiger partial charge in [0.2, 0.25) is 0 Å². The summed E-state index contributed by atoms with van der Waals surface area (Å²) in [5.41, 5.74) is -2.94. The van der Waals surface area contributed by atoms with E-state index in [2.05, 4.69) is 29.3 Å². The largest absolute Gasteiger partial charge is 0.441 e.